The minimum absolute atomic E-state index is 0.238. The summed E-state index contributed by atoms with van der Waals surface area (Å²) in [5.41, 5.74) is 3.58. The van der Waals surface area contributed by atoms with Crippen LogP contribution in [0.15, 0.2) is 71.8 Å². The van der Waals surface area contributed by atoms with Crippen LogP contribution in [0.1, 0.15) is 26.3 Å². The Bertz CT molecular complexity index is 1080. The number of nitrogens with one attached hydrogen (secondary N) is 1. The second-order valence-corrected chi connectivity index (χ2v) is 6.88. The van der Waals surface area contributed by atoms with Gasteiger partial charge < -0.3 is 9.47 Å². The van der Waals surface area contributed by atoms with Gasteiger partial charge in [-0.15, -0.1) is 0 Å². The van der Waals surface area contributed by atoms with Crippen LogP contribution in [0.25, 0.3) is 0 Å². The summed E-state index contributed by atoms with van der Waals surface area (Å²) >= 11 is 11.9. The van der Waals surface area contributed by atoms with Crippen molar-refractivity contribution < 1.29 is 19.1 Å². The zero-order chi connectivity index (χ0) is 21.5. The summed E-state index contributed by atoms with van der Waals surface area (Å²) in [4.78, 5) is 24.5. The lowest BCUT2D eigenvalue weighted by molar-refractivity contribution is 0.0734. The molecule has 0 radical (unpaired) electrons. The molecule has 0 unspecified atom stereocenters. The van der Waals surface area contributed by atoms with E-state index in [-0.39, 0.29) is 5.75 Å². The highest BCUT2D eigenvalue weighted by Crippen LogP contribution is 2.23. The van der Waals surface area contributed by atoms with Crippen molar-refractivity contribution in [3.8, 4) is 11.5 Å². The van der Waals surface area contributed by atoms with Gasteiger partial charge in [-0.3, -0.25) is 4.79 Å². The van der Waals surface area contributed by atoms with Crippen molar-refractivity contribution in [2.45, 2.75) is 0 Å². The Labute approximate surface area is 183 Å². The van der Waals surface area contributed by atoms with Crippen LogP contribution in [0.5, 0.6) is 11.5 Å². The van der Waals surface area contributed by atoms with Crippen molar-refractivity contribution in [1.82, 2.24) is 5.43 Å². The molecule has 3 aromatic rings. The molecular weight excluding hydrogens is 427 g/mol. The Balaban J connectivity index is 1.71. The number of rotatable bonds is 6. The maximum absolute atomic E-state index is 12.4. The number of esters is 1. The molecule has 0 heterocycles. The second kappa shape index (κ2) is 9.91. The highest BCUT2D eigenvalue weighted by Gasteiger charge is 2.12. The molecule has 0 saturated carbocycles. The Morgan fingerprint density at radius 3 is 2.20 bits per heavy atom. The van der Waals surface area contributed by atoms with Gasteiger partial charge in [0.1, 0.15) is 11.5 Å². The highest BCUT2D eigenvalue weighted by molar-refractivity contribution is 6.31. The summed E-state index contributed by atoms with van der Waals surface area (Å²) in [6, 6.07) is 17.6. The van der Waals surface area contributed by atoms with Gasteiger partial charge in [0, 0.05) is 21.2 Å². The molecule has 0 aromatic heterocycles. The minimum atomic E-state index is -0.564. The molecule has 0 saturated heterocycles. The summed E-state index contributed by atoms with van der Waals surface area (Å²) in [6.45, 7) is 0. The van der Waals surface area contributed by atoms with Crippen molar-refractivity contribution in [3.05, 3.63) is 93.5 Å². The number of carbonyl (C=O) groups is 2. The number of amides is 1. The SMILES string of the molecule is COc1ccc(C(=O)N/N=C/c2cc(Cl)ccc2OC(=O)c2ccc(Cl)cc2)cc1. The Morgan fingerprint density at radius 1 is 0.900 bits per heavy atom. The molecule has 152 valence electrons. The second-order valence-electron chi connectivity index (χ2n) is 6.01. The standard InChI is InChI=1S/C22H16Cl2N2O4/c1-29-19-9-4-14(5-10-19)21(27)26-25-13-16-12-18(24)8-11-20(16)30-22(28)15-2-6-17(23)7-3-15/h2-13H,1H3,(H,26,27)/b25-13+. The Morgan fingerprint density at radius 2 is 1.53 bits per heavy atom. The molecule has 0 aliphatic rings. The number of hydrogen-bond acceptors (Lipinski definition) is 5. The summed E-state index contributed by atoms with van der Waals surface area (Å²) in [7, 11) is 1.54. The lowest BCUT2D eigenvalue weighted by Gasteiger charge is -2.08. The average Bonchev–Trinajstić information content (AvgIpc) is 2.76. The molecule has 0 fully saturated rings. The number of halogens is 2. The molecule has 0 atom stereocenters. The third kappa shape index (κ3) is 5.59. The first-order valence-electron chi connectivity index (χ1n) is 8.71. The molecule has 0 spiro atoms. The predicted octanol–water partition coefficient (Wildman–Crippen LogP) is 4.99. The molecule has 3 aromatic carbocycles. The zero-order valence-corrected chi connectivity index (χ0v) is 17.3. The molecule has 6 nitrogen and oxygen atoms in total. The van der Waals surface area contributed by atoms with Crippen LogP contribution in [-0.4, -0.2) is 25.2 Å². The largest absolute Gasteiger partial charge is 0.497 e. The number of hydrogen-bond donors (Lipinski definition) is 1. The maximum atomic E-state index is 12.4. The Kier molecular flexibility index (Phi) is 7.06. The first kappa shape index (κ1) is 21.4. The van der Waals surface area contributed by atoms with Gasteiger partial charge in [0.15, 0.2) is 0 Å². The van der Waals surface area contributed by atoms with E-state index >= 15 is 0 Å². The van der Waals surface area contributed by atoms with E-state index in [1.165, 1.54) is 6.21 Å². The van der Waals surface area contributed by atoms with Crippen LogP contribution >= 0.6 is 23.2 Å². The fourth-order valence-electron chi connectivity index (χ4n) is 2.43. The van der Waals surface area contributed by atoms with Crippen LogP contribution in [0, 0.1) is 0 Å². The van der Waals surface area contributed by atoms with Gasteiger partial charge in [-0.1, -0.05) is 23.2 Å². The molecule has 1 N–H and O–H groups in total. The topological polar surface area (TPSA) is 77.0 Å². The van der Waals surface area contributed by atoms with Crippen LogP contribution in [-0.2, 0) is 0 Å². The number of ether oxygens (including phenoxy) is 2. The van der Waals surface area contributed by atoms with Crippen molar-refractivity contribution in [3.63, 3.8) is 0 Å². The highest BCUT2D eigenvalue weighted by atomic mass is 35.5. The average molecular weight is 443 g/mol. The van der Waals surface area contributed by atoms with Gasteiger partial charge in [0.25, 0.3) is 5.91 Å². The molecule has 1 amide bonds. The number of carbonyl (C=O) groups excluding carboxylic acids is 2. The number of nitrogens with zero attached hydrogens (tertiary/aromatic N) is 1. The fraction of sp³-hybridized carbons (Fsp3) is 0.0455. The van der Waals surface area contributed by atoms with Crippen molar-refractivity contribution >= 4 is 41.3 Å². The van der Waals surface area contributed by atoms with Crippen molar-refractivity contribution in [1.29, 1.82) is 0 Å². The van der Waals surface area contributed by atoms with E-state index in [1.807, 2.05) is 0 Å². The molecular formula is C22H16Cl2N2O4. The maximum Gasteiger partial charge on any atom is 0.343 e. The first-order chi connectivity index (χ1) is 14.5. The molecule has 3 rings (SSSR count). The number of methoxy groups -OCH3 is 1. The third-order valence-electron chi connectivity index (χ3n) is 3.98. The van der Waals surface area contributed by atoms with Gasteiger partial charge in [-0.05, 0) is 66.7 Å². The molecule has 0 aliphatic carbocycles. The van der Waals surface area contributed by atoms with Crippen LogP contribution in [0.3, 0.4) is 0 Å². The molecule has 8 heteroatoms. The fourth-order valence-corrected chi connectivity index (χ4v) is 2.73. The van der Waals surface area contributed by atoms with Gasteiger partial charge in [-0.2, -0.15) is 5.10 Å². The summed E-state index contributed by atoms with van der Waals surface area (Å²) < 4.78 is 10.5. The van der Waals surface area contributed by atoms with Gasteiger partial charge in [-0.25, -0.2) is 10.2 Å². The van der Waals surface area contributed by atoms with Crippen LogP contribution in [0.4, 0.5) is 0 Å². The van der Waals surface area contributed by atoms with Crippen molar-refractivity contribution in [2.24, 2.45) is 5.10 Å². The van der Waals surface area contributed by atoms with Crippen molar-refractivity contribution in [2.75, 3.05) is 7.11 Å². The van der Waals surface area contributed by atoms with Gasteiger partial charge >= 0.3 is 5.97 Å². The lowest BCUT2D eigenvalue weighted by Crippen LogP contribution is -2.17. The van der Waals surface area contributed by atoms with Crippen LogP contribution < -0.4 is 14.9 Å². The molecule has 30 heavy (non-hydrogen) atoms. The number of hydrazone groups is 1. The first-order valence-corrected chi connectivity index (χ1v) is 9.46. The Hall–Kier alpha value is -3.35. The number of benzene rings is 3. The zero-order valence-electron chi connectivity index (χ0n) is 15.8. The van der Waals surface area contributed by atoms with E-state index in [0.29, 0.717) is 32.5 Å². The molecule has 0 bridgehead atoms. The van der Waals surface area contributed by atoms with E-state index in [0.717, 1.165) is 0 Å². The quantitative estimate of drug-likeness (QED) is 0.252. The minimum Gasteiger partial charge on any atom is -0.497 e. The van der Waals surface area contributed by atoms with E-state index in [9.17, 15) is 9.59 Å². The van der Waals surface area contributed by atoms with Gasteiger partial charge in [0.2, 0.25) is 0 Å². The predicted molar refractivity (Wildman–Crippen MR) is 116 cm³/mol. The lowest BCUT2D eigenvalue weighted by atomic mass is 10.2. The summed E-state index contributed by atoms with van der Waals surface area (Å²) in [6.07, 6.45) is 1.35. The summed E-state index contributed by atoms with van der Waals surface area (Å²) in [5, 5.41) is 4.86. The van der Waals surface area contributed by atoms with E-state index in [4.69, 9.17) is 32.7 Å². The molecule has 0 aliphatic heterocycles. The van der Waals surface area contributed by atoms with Gasteiger partial charge in [0.05, 0.1) is 18.9 Å². The van der Waals surface area contributed by atoms with Crippen LogP contribution in [0.2, 0.25) is 10.0 Å². The third-order valence-corrected chi connectivity index (χ3v) is 4.46. The monoisotopic (exact) mass is 442 g/mol. The van der Waals surface area contributed by atoms with E-state index < -0.39 is 11.9 Å². The van der Waals surface area contributed by atoms with E-state index in [2.05, 4.69) is 10.5 Å². The summed E-state index contributed by atoms with van der Waals surface area (Å²) in [5.74, 6) is -0.0931. The normalized spacial score (nSPS) is 10.6. The smallest absolute Gasteiger partial charge is 0.343 e. The van der Waals surface area contributed by atoms with E-state index in [1.54, 1.807) is 73.8 Å².